The molecule has 0 N–H and O–H groups in total. The highest BCUT2D eigenvalue weighted by molar-refractivity contribution is 5.94. The van der Waals surface area contributed by atoms with Gasteiger partial charge in [0.15, 0.2) is 0 Å². The van der Waals surface area contributed by atoms with Crippen molar-refractivity contribution in [3.8, 4) is 5.75 Å². The van der Waals surface area contributed by atoms with Gasteiger partial charge in [-0.1, -0.05) is 24.3 Å². The third-order valence-corrected chi connectivity index (χ3v) is 5.50. The largest absolute Gasteiger partial charge is 0.494 e. The third-order valence-electron chi connectivity index (χ3n) is 5.50. The van der Waals surface area contributed by atoms with Crippen molar-refractivity contribution < 1.29 is 23.8 Å². The normalized spacial score (nSPS) is 14.7. The smallest absolute Gasteiger partial charge is 0.410 e. The summed E-state index contributed by atoms with van der Waals surface area (Å²) in [5, 5.41) is 0. The van der Waals surface area contributed by atoms with Gasteiger partial charge in [-0.05, 0) is 51.0 Å². The Morgan fingerprint density at radius 3 is 2.40 bits per heavy atom. The molecule has 35 heavy (non-hydrogen) atoms. The summed E-state index contributed by atoms with van der Waals surface area (Å²) in [7, 11) is 1.36. The number of pyridine rings is 1. The lowest BCUT2D eigenvalue weighted by molar-refractivity contribution is 0.0142. The number of nitrogens with zero attached hydrogens (tertiary/aromatic N) is 3. The van der Waals surface area contributed by atoms with E-state index in [-0.39, 0.29) is 12.1 Å². The van der Waals surface area contributed by atoms with Gasteiger partial charge in [-0.3, -0.25) is 9.88 Å². The molecule has 1 aliphatic rings. The van der Waals surface area contributed by atoms with Gasteiger partial charge in [0.2, 0.25) is 0 Å². The Morgan fingerprint density at radius 1 is 1.03 bits per heavy atom. The Kier molecular flexibility index (Phi) is 9.25. The van der Waals surface area contributed by atoms with E-state index in [4.69, 9.17) is 14.2 Å². The molecule has 2 heterocycles. The first-order chi connectivity index (χ1) is 16.7. The van der Waals surface area contributed by atoms with Crippen molar-refractivity contribution in [3.63, 3.8) is 0 Å². The van der Waals surface area contributed by atoms with Crippen molar-refractivity contribution in [1.29, 1.82) is 0 Å². The predicted octanol–water partition coefficient (Wildman–Crippen LogP) is 4.36. The van der Waals surface area contributed by atoms with Gasteiger partial charge in [0, 0.05) is 50.7 Å². The van der Waals surface area contributed by atoms with E-state index in [0.29, 0.717) is 30.8 Å². The number of carbonyl (C=O) groups is 2. The molecule has 1 aromatic carbocycles. The Morgan fingerprint density at radius 2 is 1.74 bits per heavy atom. The number of methoxy groups -OCH3 is 1. The number of piperazine rings is 1. The highest BCUT2D eigenvalue weighted by Gasteiger charge is 2.25. The maximum Gasteiger partial charge on any atom is 0.410 e. The minimum Gasteiger partial charge on any atom is -0.494 e. The second-order valence-corrected chi connectivity index (χ2v) is 9.37. The standard InChI is InChI=1S/C27H35N3O5/c1-27(2,3)35-26(32)30-17-15-29(16-18-30)14-5-19-34-23-10-7-21(8-11-23)6-9-22-20-28-13-12-24(22)25(31)33-4/h6-13,20H,5,14-19H2,1-4H3/b9-6+. The van der Waals surface area contributed by atoms with E-state index in [0.717, 1.165) is 37.4 Å². The van der Waals surface area contributed by atoms with E-state index in [9.17, 15) is 9.59 Å². The van der Waals surface area contributed by atoms with Crippen molar-refractivity contribution in [3.05, 3.63) is 59.4 Å². The summed E-state index contributed by atoms with van der Waals surface area (Å²) in [4.78, 5) is 32.3. The quantitative estimate of drug-likeness (QED) is 0.409. The number of ether oxygens (including phenoxy) is 3. The van der Waals surface area contributed by atoms with Gasteiger partial charge in [-0.15, -0.1) is 0 Å². The van der Waals surface area contributed by atoms with E-state index in [1.807, 2.05) is 57.2 Å². The summed E-state index contributed by atoms with van der Waals surface area (Å²) in [6.45, 7) is 10.3. The number of hydrogen-bond acceptors (Lipinski definition) is 7. The summed E-state index contributed by atoms with van der Waals surface area (Å²) >= 11 is 0. The van der Waals surface area contributed by atoms with Crippen LogP contribution in [-0.4, -0.2) is 78.9 Å². The molecule has 0 aliphatic carbocycles. The molecule has 8 nitrogen and oxygen atoms in total. The minimum atomic E-state index is -0.465. The molecule has 1 aliphatic heterocycles. The van der Waals surface area contributed by atoms with Crippen molar-refractivity contribution >= 4 is 24.2 Å². The molecule has 0 unspecified atom stereocenters. The molecule has 1 fully saturated rings. The average Bonchev–Trinajstić information content (AvgIpc) is 2.85. The van der Waals surface area contributed by atoms with Crippen molar-refractivity contribution in [1.82, 2.24) is 14.8 Å². The van der Waals surface area contributed by atoms with Gasteiger partial charge < -0.3 is 19.1 Å². The Labute approximate surface area is 207 Å². The lowest BCUT2D eigenvalue weighted by atomic mass is 10.1. The number of aromatic nitrogens is 1. The number of hydrogen-bond donors (Lipinski definition) is 0. The topological polar surface area (TPSA) is 81.2 Å². The van der Waals surface area contributed by atoms with Crippen LogP contribution in [0.5, 0.6) is 5.75 Å². The Bertz CT molecular complexity index is 1010. The van der Waals surface area contributed by atoms with E-state index >= 15 is 0 Å². The van der Waals surface area contributed by atoms with Crippen LogP contribution in [0, 0.1) is 0 Å². The molecule has 1 aromatic heterocycles. The van der Waals surface area contributed by atoms with Crippen LogP contribution in [0.4, 0.5) is 4.79 Å². The Hall–Kier alpha value is -3.39. The highest BCUT2D eigenvalue weighted by Crippen LogP contribution is 2.17. The number of esters is 1. The zero-order valence-electron chi connectivity index (χ0n) is 21.0. The van der Waals surface area contributed by atoms with E-state index in [2.05, 4.69) is 9.88 Å². The van der Waals surface area contributed by atoms with Crippen molar-refractivity contribution in [2.45, 2.75) is 32.8 Å². The maximum atomic E-state index is 12.2. The van der Waals surface area contributed by atoms with Crippen LogP contribution < -0.4 is 4.74 Å². The van der Waals surface area contributed by atoms with Crippen LogP contribution in [0.25, 0.3) is 12.2 Å². The lowest BCUT2D eigenvalue weighted by Gasteiger charge is -2.35. The molecule has 188 valence electrons. The number of amides is 1. The molecule has 1 amide bonds. The lowest BCUT2D eigenvalue weighted by Crippen LogP contribution is -2.50. The van der Waals surface area contributed by atoms with Gasteiger partial charge in [0.05, 0.1) is 19.3 Å². The minimum absolute atomic E-state index is 0.233. The fourth-order valence-electron chi connectivity index (χ4n) is 3.66. The summed E-state index contributed by atoms with van der Waals surface area (Å²) in [5.41, 5.74) is 1.70. The molecular weight excluding hydrogens is 446 g/mol. The van der Waals surface area contributed by atoms with Crippen LogP contribution in [-0.2, 0) is 9.47 Å². The molecule has 8 heteroatoms. The third kappa shape index (κ3) is 8.40. The predicted molar refractivity (Wildman–Crippen MR) is 135 cm³/mol. The van der Waals surface area contributed by atoms with Crippen molar-refractivity contribution in [2.24, 2.45) is 0 Å². The number of benzene rings is 1. The molecular formula is C27H35N3O5. The SMILES string of the molecule is COC(=O)c1ccncc1/C=C/c1ccc(OCCCN2CCN(C(=O)OC(C)(C)C)CC2)cc1. The summed E-state index contributed by atoms with van der Waals surface area (Å²) < 4.78 is 16.2. The van der Waals surface area contributed by atoms with Crippen LogP contribution in [0.15, 0.2) is 42.7 Å². The molecule has 3 rings (SSSR count). The van der Waals surface area contributed by atoms with Crippen LogP contribution in [0.2, 0.25) is 0 Å². The zero-order valence-corrected chi connectivity index (χ0v) is 21.0. The first-order valence-corrected chi connectivity index (χ1v) is 11.9. The second kappa shape index (κ2) is 12.4. The van der Waals surface area contributed by atoms with Crippen molar-refractivity contribution in [2.75, 3.05) is 46.4 Å². The van der Waals surface area contributed by atoms with Crippen LogP contribution in [0.3, 0.4) is 0 Å². The summed E-state index contributed by atoms with van der Waals surface area (Å²) in [5.74, 6) is 0.425. The van der Waals surface area contributed by atoms with E-state index < -0.39 is 5.60 Å². The first-order valence-electron chi connectivity index (χ1n) is 11.9. The highest BCUT2D eigenvalue weighted by atomic mass is 16.6. The molecule has 0 bridgehead atoms. The van der Waals surface area contributed by atoms with Gasteiger partial charge >= 0.3 is 12.1 Å². The van der Waals surface area contributed by atoms with E-state index in [1.165, 1.54) is 7.11 Å². The summed E-state index contributed by atoms with van der Waals surface area (Å²) in [6.07, 6.45) is 7.65. The second-order valence-electron chi connectivity index (χ2n) is 9.37. The number of carbonyl (C=O) groups excluding carboxylic acids is 2. The summed E-state index contributed by atoms with van der Waals surface area (Å²) in [6, 6.07) is 9.45. The van der Waals surface area contributed by atoms with Gasteiger partial charge in [0.1, 0.15) is 11.4 Å². The molecule has 0 saturated carbocycles. The molecule has 0 spiro atoms. The van der Waals surface area contributed by atoms with Crippen LogP contribution in [0.1, 0.15) is 48.7 Å². The van der Waals surface area contributed by atoms with Gasteiger partial charge in [-0.25, -0.2) is 9.59 Å². The van der Waals surface area contributed by atoms with Crippen LogP contribution >= 0.6 is 0 Å². The van der Waals surface area contributed by atoms with Gasteiger partial charge in [0.25, 0.3) is 0 Å². The molecule has 1 saturated heterocycles. The maximum absolute atomic E-state index is 12.2. The first kappa shape index (κ1) is 26.2. The van der Waals surface area contributed by atoms with E-state index in [1.54, 1.807) is 23.4 Å². The number of rotatable bonds is 8. The zero-order chi connectivity index (χ0) is 25.3. The van der Waals surface area contributed by atoms with Gasteiger partial charge in [-0.2, -0.15) is 0 Å². The molecule has 0 atom stereocenters. The molecule has 2 aromatic rings. The Balaban J connectivity index is 1.38. The average molecular weight is 482 g/mol. The fourth-order valence-corrected chi connectivity index (χ4v) is 3.66. The monoisotopic (exact) mass is 481 g/mol. The fraction of sp³-hybridized carbons (Fsp3) is 0.444. The molecule has 0 radical (unpaired) electrons.